The molecule has 0 saturated heterocycles. The lowest BCUT2D eigenvalue weighted by atomic mass is 9.90. The molecule has 0 radical (unpaired) electrons. The molecule has 166 valence electrons. The summed E-state index contributed by atoms with van der Waals surface area (Å²) in [7, 11) is 0. The summed E-state index contributed by atoms with van der Waals surface area (Å²) in [4.78, 5) is 4.71. The third-order valence-corrected chi connectivity index (χ3v) is 7.19. The number of aromatic nitrogens is 1. The molecule has 0 saturated carbocycles. The van der Waals surface area contributed by atoms with Crippen molar-refractivity contribution in [2.45, 2.75) is 26.7 Å². The summed E-state index contributed by atoms with van der Waals surface area (Å²) >= 11 is 0. The summed E-state index contributed by atoms with van der Waals surface area (Å²) in [6.07, 6.45) is 1.92. The zero-order valence-corrected chi connectivity index (χ0v) is 19.7. The van der Waals surface area contributed by atoms with Gasteiger partial charge < -0.3 is 4.42 Å². The van der Waals surface area contributed by atoms with Gasteiger partial charge in [0, 0.05) is 22.5 Å². The molecule has 0 aliphatic rings. The van der Waals surface area contributed by atoms with E-state index >= 15 is 0 Å². The van der Waals surface area contributed by atoms with Gasteiger partial charge in [0.2, 0.25) is 0 Å². The molecule has 2 heterocycles. The van der Waals surface area contributed by atoms with Crippen molar-refractivity contribution in [3.63, 3.8) is 0 Å². The van der Waals surface area contributed by atoms with Gasteiger partial charge in [-0.2, -0.15) is 0 Å². The smallest absolute Gasteiger partial charge is 0.144 e. The number of pyridine rings is 1. The van der Waals surface area contributed by atoms with Gasteiger partial charge in [0.1, 0.15) is 11.2 Å². The van der Waals surface area contributed by atoms with E-state index in [2.05, 4.69) is 112 Å². The first-order chi connectivity index (χ1) is 16.6. The van der Waals surface area contributed by atoms with Gasteiger partial charge in [-0.1, -0.05) is 81.4 Å². The summed E-state index contributed by atoms with van der Waals surface area (Å²) in [5.74, 6) is 1.05. The fraction of sp³-hybridized carbons (Fsp3) is 0.156. The molecule has 1 atom stereocenters. The SMILES string of the molecule is CC(C)C(C)c1ccnc(-c2cccc3c2oc2cc(-c4cccc5ccccc45)ccc23)c1. The van der Waals surface area contributed by atoms with Gasteiger partial charge in [-0.3, -0.25) is 4.98 Å². The highest BCUT2D eigenvalue weighted by Gasteiger charge is 2.16. The molecule has 34 heavy (non-hydrogen) atoms. The van der Waals surface area contributed by atoms with Gasteiger partial charge in [0.25, 0.3) is 0 Å². The first-order valence-corrected chi connectivity index (χ1v) is 12.0. The number of benzene rings is 4. The van der Waals surface area contributed by atoms with Gasteiger partial charge >= 0.3 is 0 Å². The van der Waals surface area contributed by atoms with Crippen molar-refractivity contribution in [2.24, 2.45) is 5.92 Å². The molecule has 2 aromatic heterocycles. The lowest BCUT2D eigenvalue weighted by Gasteiger charge is -2.16. The van der Waals surface area contributed by atoms with Crippen LogP contribution in [-0.2, 0) is 0 Å². The molecule has 6 rings (SSSR count). The van der Waals surface area contributed by atoms with Crippen LogP contribution >= 0.6 is 0 Å². The molecular weight excluding hydrogens is 414 g/mol. The largest absolute Gasteiger partial charge is 0.455 e. The fourth-order valence-corrected chi connectivity index (χ4v) is 4.91. The summed E-state index contributed by atoms with van der Waals surface area (Å²) < 4.78 is 6.52. The molecule has 6 aromatic rings. The van der Waals surface area contributed by atoms with E-state index in [-0.39, 0.29) is 0 Å². The summed E-state index contributed by atoms with van der Waals surface area (Å²) in [6, 6.07) is 32.3. The lowest BCUT2D eigenvalue weighted by molar-refractivity contribution is 0.535. The third kappa shape index (κ3) is 3.38. The molecule has 0 N–H and O–H groups in total. The van der Waals surface area contributed by atoms with Crippen molar-refractivity contribution >= 4 is 32.7 Å². The van der Waals surface area contributed by atoms with Crippen molar-refractivity contribution in [1.82, 2.24) is 4.98 Å². The molecule has 4 aromatic carbocycles. The highest BCUT2D eigenvalue weighted by molar-refractivity contribution is 6.10. The highest BCUT2D eigenvalue weighted by atomic mass is 16.3. The second-order valence-electron chi connectivity index (χ2n) is 9.53. The van der Waals surface area contributed by atoms with Crippen molar-refractivity contribution in [1.29, 1.82) is 0 Å². The Bertz CT molecular complexity index is 1650. The molecule has 0 spiro atoms. The van der Waals surface area contributed by atoms with Crippen LogP contribution in [-0.4, -0.2) is 4.98 Å². The lowest BCUT2D eigenvalue weighted by Crippen LogP contribution is -2.02. The van der Waals surface area contributed by atoms with E-state index in [4.69, 9.17) is 9.40 Å². The van der Waals surface area contributed by atoms with Crippen LogP contribution in [0, 0.1) is 5.92 Å². The van der Waals surface area contributed by atoms with E-state index in [9.17, 15) is 0 Å². The van der Waals surface area contributed by atoms with Gasteiger partial charge in [0.15, 0.2) is 0 Å². The molecule has 0 aliphatic carbocycles. The Morgan fingerprint density at radius 1 is 0.676 bits per heavy atom. The van der Waals surface area contributed by atoms with Crippen LogP contribution < -0.4 is 0 Å². The van der Waals surface area contributed by atoms with E-state index in [1.165, 1.54) is 21.9 Å². The van der Waals surface area contributed by atoms with Crippen LogP contribution in [0.2, 0.25) is 0 Å². The van der Waals surface area contributed by atoms with E-state index in [1.807, 2.05) is 6.20 Å². The topological polar surface area (TPSA) is 26.0 Å². The summed E-state index contributed by atoms with van der Waals surface area (Å²) in [5.41, 5.74) is 7.50. The van der Waals surface area contributed by atoms with Crippen LogP contribution in [0.4, 0.5) is 0 Å². The zero-order valence-electron chi connectivity index (χ0n) is 19.7. The Labute approximate surface area is 199 Å². The number of para-hydroxylation sites is 1. The average molecular weight is 442 g/mol. The molecule has 0 amide bonds. The van der Waals surface area contributed by atoms with Crippen LogP contribution in [0.3, 0.4) is 0 Å². The molecule has 0 fully saturated rings. The van der Waals surface area contributed by atoms with Crippen LogP contribution in [0.25, 0.3) is 55.1 Å². The minimum Gasteiger partial charge on any atom is -0.455 e. The Morgan fingerprint density at radius 2 is 1.44 bits per heavy atom. The Hall–Kier alpha value is -3.91. The number of rotatable bonds is 4. The van der Waals surface area contributed by atoms with Crippen LogP contribution in [0.15, 0.2) is 102 Å². The fourth-order valence-electron chi connectivity index (χ4n) is 4.91. The van der Waals surface area contributed by atoms with Crippen LogP contribution in [0.1, 0.15) is 32.3 Å². The van der Waals surface area contributed by atoms with Crippen molar-refractivity contribution in [3.8, 4) is 22.4 Å². The standard InChI is InChI=1S/C32H27NO/c1-20(2)21(3)23-16-17-33-30(18-23)29-13-7-12-28-27-15-14-24(19-31(27)34-32(28)29)26-11-6-9-22-8-4-5-10-25(22)26/h4-21H,1-3H3. The first kappa shape index (κ1) is 20.7. The van der Waals surface area contributed by atoms with E-state index in [1.54, 1.807) is 0 Å². The number of furan rings is 1. The predicted molar refractivity (Wildman–Crippen MR) is 143 cm³/mol. The van der Waals surface area contributed by atoms with Gasteiger partial charge in [-0.25, -0.2) is 0 Å². The van der Waals surface area contributed by atoms with Crippen molar-refractivity contribution in [3.05, 3.63) is 103 Å². The molecule has 1 unspecified atom stereocenters. The van der Waals surface area contributed by atoms with E-state index in [0.29, 0.717) is 11.8 Å². The van der Waals surface area contributed by atoms with Gasteiger partial charge in [0.05, 0.1) is 5.69 Å². The Balaban J connectivity index is 1.51. The quantitative estimate of drug-likeness (QED) is 0.272. The minimum absolute atomic E-state index is 0.472. The normalized spacial score (nSPS) is 12.7. The van der Waals surface area contributed by atoms with Crippen molar-refractivity contribution in [2.75, 3.05) is 0 Å². The first-order valence-electron chi connectivity index (χ1n) is 12.0. The monoisotopic (exact) mass is 441 g/mol. The highest BCUT2D eigenvalue weighted by Crippen LogP contribution is 2.38. The number of nitrogens with zero attached hydrogens (tertiary/aromatic N) is 1. The van der Waals surface area contributed by atoms with Crippen LogP contribution in [0.5, 0.6) is 0 Å². The van der Waals surface area contributed by atoms with E-state index < -0.39 is 0 Å². The second-order valence-corrected chi connectivity index (χ2v) is 9.53. The Kier molecular flexibility index (Phi) is 4.95. The average Bonchev–Trinajstić information content (AvgIpc) is 3.26. The zero-order chi connectivity index (χ0) is 23.2. The number of fused-ring (bicyclic) bond motifs is 4. The summed E-state index contributed by atoms with van der Waals surface area (Å²) in [5, 5.41) is 4.75. The van der Waals surface area contributed by atoms with Crippen molar-refractivity contribution < 1.29 is 4.42 Å². The van der Waals surface area contributed by atoms with Gasteiger partial charge in [-0.05, 0) is 69.6 Å². The molecule has 0 aliphatic heterocycles. The molecule has 0 bridgehead atoms. The predicted octanol–water partition coefficient (Wildman–Crippen LogP) is 9.23. The Morgan fingerprint density at radius 3 is 2.32 bits per heavy atom. The number of hydrogen-bond donors (Lipinski definition) is 0. The third-order valence-electron chi connectivity index (χ3n) is 7.19. The second kappa shape index (κ2) is 8.14. The minimum atomic E-state index is 0.472. The van der Waals surface area contributed by atoms with E-state index in [0.717, 1.165) is 38.8 Å². The number of hydrogen-bond acceptors (Lipinski definition) is 2. The van der Waals surface area contributed by atoms with Gasteiger partial charge in [-0.15, -0.1) is 0 Å². The maximum Gasteiger partial charge on any atom is 0.144 e. The maximum absolute atomic E-state index is 6.52. The molecule has 2 heteroatoms. The molecule has 2 nitrogen and oxygen atoms in total. The molecular formula is C32H27NO. The maximum atomic E-state index is 6.52. The summed E-state index contributed by atoms with van der Waals surface area (Å²) in [6.45, 7) is 6.80.